The number of primary amides is 1. The summed E-state index contributed by atoms with van der Waals surface area (Å²) in [6.45, 7) is 2.12. The van der Waals surface area contributed by atoms with Gasteiger partial charge in [0.05, 0.1) is 24.3 Å². The van der Waals surface area contributed by atoms with Crippen LogP contribution in [-0.4, -0.2) is 49.7 Å². The number of rotatable bonds is 7. The lowest BCUT2D eigenvalue weighted by Crippen LogP contribution is -2.48. The predicted molar refractivity (Wildman–Crippen MR) is 135 cm³/mol. The number of carbonyl (C=O) groups excluding carboxylic acids is 2. The van der Waals surface area contributed by atoms with Crippen molar-refractivity contribution in [3.8, 4) is 11.5 Å². The molecule has 1 heterocycles. The van der Waals surface area contributed by atoms with Gasteiger partial charge in [-0.2, -0.15) is 0 Å². The molecule has 1 saturated heterocycles. The highest BCUT2D eigenvalue weighted by atomic mass is 35.5. The quantitative estimate of drug-likeness (QED) is 0.450. The molecule has 8 nitrogen and oxygen atoms in total. The summed E-state index contributed by atoms with van der Waals surface area (Å²) in [5.41, 5.74) is 7.18. The predicted octanol–water partition coefficient (Wildman–Crippen LogP) is 4.42. The van der Waals surface area contributed by atoms with Crippen molar-refractivity contribution < 1.29 is 19.1 Å². The summed E-state index contributed by atoms with van der Waals surface area (Å²) in [5, 5.41) is 6.51. The van der Waals surface area contributed by atoms with Crippen molar-refractivity contribution in [2.45, 2.75) is 12.1 Å². The van der Waals surface area contributed by atoms with E-state index in [1.807, 2.05) is 19.2 Å². The standard InChI is InChI=1S/C26H27ClN4O4/c1-31-14-15-34-23(16-31)24(17-6-8-18(27)9-7-17)30-26(33)29-19-10-12-20(13-11-19)35-22-5-3-2-4-21(22)25(28)32/h2-13,23-24H,14-16H2,1H3,(H2,28,32)(H2,29,30,33). The Kier molecular flexibility index (Phi) is 7.87. The van der Waals surface area contributed by atoms with Gasteiger partial charge in [0.25, 0.3) is 5.91 Å². The third-order valence-electron chi connectivity index (χ3n) is 5.68. The molecule has 9 heteroatoms. The van der Waals surface area contributed by atoms with Gasteiger partial charge in [-0.1, -0.05) is 35.9 Å². The fourth-order valence-electron chi connectivity index (χ4n) is 3.87. The van der Waals surface area contributed by atoms with E-state index in [-0.39, 0.29) is 23.7 Å². The molecular formula is C26H27ClN4O4. The molecule has 182 valence electrons. The summed E-state index contributed by atoms with van der Waals surface area (Å²) >= 11 is 6.05. The van der Waals surface area contributed by atoms with Crippen LogP contribution in [0.5, 0.6) is 11.5 Å². The number of hydrogen-bond acceptors (Lipinski definition) is 5. The second-order valence-electron chi connectivity index (χ2n) is 8.29. The van der Waals surface area contributed by atoms with Crippen LogP contribution < -0.4 is 21.1 Å². The number of likely N-dealkylation sites (N-methyl/N-ethyl adjacent to an activating group) is 1. The number of urea groups is 1. The Bertz CT molecular complexity index is 1170. The number of benzene rings is 3. The first kappa shape index (κ1) is 24.5. The van der Waals surface area contributed by atoms with Crippen molar-refractivity contribution in [3.05, 3.63) is 88.9 Å². The number of para-hydroxylation sites is 1. The van der Waals surface area contributed by atoms with E-state index in [9.17, 15) is 9.59 Å². The zero-order valence-corrected chi connectivity index (χ0v) is 20.0. The summed E-state index contributed by atoms with van der Waals surface area (Å²) in [6.07, 6.45) is -0.207. The molecule has 0 radical (unpaired) electrons. The molecule has 0 saturated carbocycles. The molecule has 0 bridgehead atoms. The highest BCUT2D eigenvalue weighted by Gasteiger charge is 2.29. The van der Waals surface area contributed by atoms with Crippen LogP contribution in [0.4, 0.5) is 10.5 Å². The van der Waals surface area contributed by atoms with Crippen molar-refractivity contribution in [2.75, 3.05) is 32.1 Å². The van der Waals surface area contributed by atoms with Crippen LogP contribution in [0.2, 0.25) is 5.02 Å². The topological polar surface area (TPSA) is 106 Å². The Labute approximate surface area is 209 Å². The van der Waals surface area contributed by atoms with E-state index >= 15 is 0 Å². The summed E-state index contributed by atoms with van der Waals surface area (Å²) in [6, 6.07) is 20.2. The fraction of sp³-hybridized carbons (Fsp3) is 0.231. The Morgan fingerprint density at radius 2 is 1.80 bits per heavy atom. The van der Waals surface area contributed by atoms with Gasteiger partial charge in [-0.3, -0.25) is 4.79 Å². The van der Waals surface area contributed by atoms with E-state index in [0.717, 1.165) is 12.1 Å². The van der Waals surface area contributed by atoms with Crippen LogP contribution >= 0.6 is 11.6 Å². The fourth-order valence-corrected chi connectivity index (χ4v) is 4.00. The summed E-state index contributed by atoms with van der Waals surface area (Å²) in [4.78, 5) is 26.7. The number of halogens is 1. The Morgan fingerprint density at radius 3 is 2.49 bits per heavy atom. The minimum absolute atomic E-state index is 0.207. The molecule has 3 aromatic rings. The molecule has 1 aliphatic rings. The van der Waals surface area contributed by atoms with Crippen LogP contribution in [0.1, 0.15) is 22.0 Å². The Balaban J connectivity index is 1.43. The average molecular weight is 495 g/mol. The lowest BCUT2D eigenvalue weighted by atomic mass is 10.00. The van der Waals surface area contributed by atoms with Crippen molar-refractivity contribution in [3.63, 3.8) is 0 Å². The third-order valence-corrected chi connectivity index (χ3v) is 5.93. The van der Waals surface area contributed by atoms with Gasteiger partial charge in [-0.25, -0.2) is 4.79 Å². The van der Waals surface area contributed by atoms with Gasteiger partial charge in [-0.15, -0.1) is 0 Å². The Morgan fingerprint density at radius 1 is 1.09 bits per heavy atom. The van der Waals surface area contributed by atoms with Crippen molar-refractivity contribution >= 4 is 29.2 Å². The molecule has 1 aliphatic heterocycles. The number of nitrogens with one attached hydrogen (secondary N) is 2. The molecule has 2 atom stereocenters. The van der Waals surface area contributed by atoms with Gasteiger partial charge in [0.1, 0.15) is 11.5 Å². The average Bonchev–Trinajstić information content (AvgIpc) is 2.85. The molecule has 35 heavy (non-hydrogen) atoms. The van der Waals surface area contributed by atoms with Gasteiger partial charge >= 0.3 is 6.03 Å². The number of nitrogens with two attached hydrogens (primary N) is 1. The lowest BCUT2D eigenvalue weighted by molar-refractivity contribution is -0.0369. The van der Waals surface area contributed by atoms with Crippen molar-refractivity contribution in [1.82, 2.24) is 10.2 Å². The minimum atomic E-state index is -0.570. The van der Waals surface area contributed by atoms with E-state index < -0.39 is 5.91 Å². The molecule has 1 fully saturated rings. The highest BCUT2D eigenvalue weighted by molar-refractivity contribution is 6.30. The van der Waals surface area contributed by atoms with Crippen LogP contribution in [0, 0.1) is 0 Å². The molecule has 3 aromatic carbocycles. The third kappa shape index (κ3) is 6.51. The lowest BCUT2D eigenvalue weighted by Gasteiger charge is -2.35. The number of amides is 3. The summed E-state index contributed by atoms with van der Waals surface area (Å²) < 4.78 is 11.8. The number of morpholine rings is 1. The number of nitrogens with zero attached hydrogens (tertiary/aromatic N) is 1. The molecule has 0 aliphatic carbocycles. The Hall–Kier alpha value is -3.59. The van der Waals surface area contributed by atoms with Gasteiger partial charge < -0.3 is 30.7 Å². The van der Waals surface area contributed by atoms with Crippen LogP contribution in [0.3, 0.4) is 0 Å². The highest BCUT2D eigenvalue weighted by Crippen LogP contribution is 2.27. The van der Waals surface area contributed by atoms with E-state index in [2.05, 4.69) is 15.5 Å². The first-order valence-corrected chi connectivity index (χ1v) is 11.6. The number of hydrogen-bond donors (Lipinski definition) is 3. The second-order valence-corrected chi connectivity index (χ2v) is 8.72. The minimum Gasteiger partial charge on any atom is -0.457 e. The maximum atomic E-state index is 12.9. The molecule has 0 aromatic heterocycles. The zero-order chi connectivity index (χ0) is 24.8. The van der Waals surface area contributed by atoms with Gasteiger partial charge in [-0.05, 0) is 61.1 Å². The molecular weight excluding hydrogens is 468 g/mol. The maximum absolute atomic E-state index is 12.9. The number of carbonyl (C=O) groups is 2. The van der Waals surface area contributed by atoms with Gasteiger partial charge in [0.2, 0.25) is 0 Å². The van der Waals surface area contributed by atoms with E-state index in [0.29, 0.717) is 35.4 Å². The molecule has 3 amide bonds. The first-order chi connectivity index (χ1) is 16.9. The van der Waals surface area contributed by atoms with E-state index in [4.69, 9.17) is 26.8 Å². The first-order valence-electron chi connectivity index (χ1n) is 11.2. The summed E-state index contributed by atoms with van der Waals surface area (Å²) in [7, 11) is 2.03. The normalized spacial score (nSPS) is 16.8. The second kappa shape index (κ2) is 11.2. The van der Waals surface area contributed by atoms with Gasteiger partial charge in [0, 0.05) is 23.8 Å². The molecule has 2 unspecified atom stereocenters. The number of anilines is 1. The van der Waals surface area contributed by atoms with E-state index in [1.54, 1.807) is 60.7 Å². The van der Waals surface area contributed by atoms with Crippen molar-refractivity contribution in [2.24, 2.45) is 5.73 Å². The van der Waals surface area contributed by atoms with Crippen LogP contribution in [0.25, 0.3) is 0 Å². The maximum Gasteiger partial charge on any atom is 0.319 e. The van der Waals surface area contributed by atoms with Crippen LogP contribution in [-0.2, 0) is 4.74 Å². The van der Waals surface area contributed by atoms with Gasteiger partial charge in [0.15, 0.2) is 0 Å². The van der Waals surface area contributed by atoms with Crippen LogP contribution in [0.15, 0.2) is 72.8 Å². The monoisotopic (exact) mass is 494 g/mol. The molecule has 0 spiro atoms. The van der Waals surface area contributed by atoms with E-state index in [1.165, 1.54) is 0 Å². The SMILES string of the molecule is CN1CCOC(C(NC(=O)Nc2ccc(Oc3ccccc3C(N)=O)cc2)c2ccc(Cl)cc2)C1. The zero-order valence-electron chi connectivity index (χ0n) is 19.2. The summed E-state index contributed by atoms with van der Waals surface area (Å²) in [5.74, 6) is 0.294. The molecule has 4 rings (SSSR count). The largest absolute Gasteiger partial charge is 0.457 e. The number of ether oxygens (including phenoxy) is 2. The van der Waals surface area contributed by atoms with Crippen molar-refractivity contribution in [1.29, 1.82) is 0 Å². The smallest absolute Gasteiger partial charge is 0.319 e. The molecule has 4 N–H and O–H groups in total.